The summed E-state index contributed by atoms with van der Waals surface area (Å²) in [6, 6.07) is 6.07. The van der Waals surface area contributed by atoms with Crippen LogP contribution in [0.4, 0.5) is 0 Å². The van der Waals surface area contributed by atoms with Gasteiger partial charge in [-0.1, -0.05) is 6.07 Å². The molecule has 2 rings (SSSR count). The Hall–Kier alpha value is -1.39. The Morgan fingerprint density at radius 3 is 3.07 bits per heavy atom. The zero-order valence-corrected chi connectivity index (χ0v) is 8.44. The lowest BCUT2D eigenvalue weighted by Gasteiger charge is -2.10. The van der Waals surface area contributed by atoms with Crippen LogP contribution < -0.4 is 5.43 Å². The minimum atomic E-state index is 0.806. The minimum absolute atomic E-state index is 0.806. The van der Waals surface area contributed by atoms with Crippen molar-refractivity contribution in [3.8, 4) is 0 Å². The van der Waals surface area contributed by atoms with Gasteiger partial charge in [-0.3, -0.25) is 10.4 Å². The highest BCUT2D eigenvalue weighted by molar-refractivity contribution is 5.53. The molecule has 0 amide bonds. The number of nitrogens with zero attached hydrogens (tertiary/aromatic N) is 3. The van der Waals surface area contributed by atoms with E-state index in [4.69, 9.17) is 0 Å². The van der Waals surface area contributed by atoms with Crippen LogP contribution in [0.3, 0.4) is 0 Å². The first kappa shape index (κ1) is 9.18. The van der Waals surface area contributed by atoms with Gasteiger partial charge in [-0.05, 0) is 12.1 Å². The molecule has 0 spiro atoms. The van der Waals surface area contributed by atoms with E-state index in [1.54, 1.807) is 0 Å². The highest BCUT2D eigenvalue weighted by Crippen LogP contribution is 2.08. The number of hydrogen-bond acceptors (Lipinski definition) is 3. The van der Waals surface area contributed by atoms with E-state index in [9.17, 15) is 0 Å². The van der Waals surface area contributed by atoms with Gasteiger partial charge in [0.2, 0.25) is 0 Å². The van der Waals surface area contributed by atoms with Gasteiger partial charge in [0, 0.05) is 32.4 Å². The zero-order valence-electron chi connectivity index (χ0n) is 8.44. The Labute approximate surface area is 83.1 Å². The van der Waals surface area contributed by atoms with Crippen LogP contribution in [0, 0.1) is 0 Å². The Balaban J connectivity index is 2.25. The van der Waals surface area contributed by atoms with Gasteiger partial charge in [-0.25, -0.2) is 4.52 Å². The van der Waals surface area contributed by atoms with E-state index in [1.807, 2.05) is 48.1 Å². The fourth-order valence-electron chi connectivity index (χ4n) is 1.37. The average Bonchev–Trinajstić information content (AvgIpc) is 2.58. The quantitative estimate of drug-likeness (QED) is 0.730. The molecule has 2 heterocycles. The predicted molar refractivity (Wildman–Crippen MR) is 55.7 cm³/mol. The van der Waals surface area contributed by atoms with Gasteiger partial charge in [0.05, 0.1) is 11.7 Å². The van der Waals surface area contributed by atoms with Gasteiger partial charge < -0.3 is 0 Å². The van der Waals surface area contributed by atoms with E-state index in [0.29, 0.717) is 0 Å². The van der Waals surface area contributed by atoms with Crippen LogP contribution in [-0.4, -0.2) is 28.7 Å². The van der Waals surface area contributed by atoms with Gasteiger partial charge in [0.25, 0.3) is 0 Å². The van der Waals surface area contributed by atoms with Crippen molar-refractivity contribution in [3.05, 3.63) is 36.2 Å². The summed E-state index contributed by atoms with van der Waals surface area (Å²) in [5.41, 5.74) is 5.58. The number of rotatable bonds is 3. The number of aromatic nitrogens is 2. The maximum atomic E-state index is 4.25. The molecule has 0 unspecified atom stereocenters. The van der Waals surface area contributed by atoms with Crippen molar-refractivity contribution in [2.24, 2.45) is 0 Å². The van der Waals surface area contributed by atoms with Gasteiger partial charge in [-0.15, -0.1) is 0 Å². The second-order valence-electron chi connectivity index (χ2n) is 3.43. The average molecular weight is 190 g/mol. The third-order valence-electron chi connectivity index (χ3n) is 2.09. The Morgan fingerprint density at radius 1 is 1.43 bits per heavy atom. The molecule has 0 aliphatic carbocycles. The third kappa shape index (κ3) is 1.76. The summed E-state index contributed by atoms with van der Waals surface area (Å²) in [6.45, 7) is 0.806. The second kappa shape index (κ2) is 3.77. The van der Waals surface area contributed by atoms with Gasteiger partial charge in [0.15, 0.2) is 0 Å². The fourth-order valence-corrected chi connectivity index (χ4v) is 1.37. The summed E-state index contributed by atoms with van der Waals surface area (Å²) in [4.78, 5) is 0. The van der Waals surface area contributed by atoms with Crippen LogP contribution in [0.5, 0.6) is 0 Å². The predicted octanol–water partition coefficient (Wildman–Crippen LogP) is 0.900. The van der Waals surface area contributed by atoms with Gasteiger partial charge in [0.1, 0.15) is 0 Å². The number of hydrazine groups is 1. The molecule has 0 aromatic carbocycles. The number of fused-ring (bicyclic) bond motifs is 1. The van der Waals surface area contributed by atoms with Crippen LogP contribution in [0.25, 0.3) is 5.52 Å². The molecule has 2 aromatic rings. The molecular weight excluding hydrogens is 176 g/mol. The molecule has 14 heavy (non-hydrogen) atoms. The zero-order chi connectivity index (χ0) is 9.97. The molecule has 2 aromatic heterocycles. The summed E-state index contributed by atoms with van der Waals surface area (Å²) in [7, 11) is 3.96. The standard InChI is InChI=1S/C10H14N4/c1-13(2)11-7-9-8-12-14-6-4-3-5-10(9)14/h3-6,8,11H,7H2,1-2H3. The summed E-state index contributed by atoms with van der Waals surface area (Å²) in [5.74, 6) is 0. The van der Waals surface area contributed by atoms with Crippen molar-refractivity contribution in [3.63, 3.8) is 0 Å². The van der Waals surface area contributed by atoms with Crippen molar-refractivity contribution >= 4 is 5.52 Å². The van der Waals surface area contributed by atoms with Crippen molar-refractivity contribution in [2.45, 2.75) is 6.54 Å². The SMILES string of the molecule is CN(C)NCc1cnn2ccccc12. The number of nitrogens with one attached hydrogen (secondary N) is 1. The maximum absolute atomic E-state index is 4.25. The lowest BCUT2D eigenvalue weighted by Crippen LogP contribution is -2.29. The van der Waals surface area contributed by atoms with E-state index in [0.717, 1.165) is 12.1 Å². The van der Waals surface area contributed by atoms with E-state index in [-0.39, 0.29) is 0 Å². The molecule has 4 nitrogen and oxygen atoms in total. The first-order valence-electron chi connectivity index (χ1n) is 4.59. The summed E-state index contributed by atoms with van der Waals surface area (Å²) in [6.07, 6.45) is 3.85. The normalized spacial score (nSPS) is 11.4. The second-order valence-corrected chi connectivity index (χ2v) is 3.43. The molecule has 0 aliphatic heterocycles. The monoisotopic (exact) mass is 190 g/mol. The Bertz CT molecular complexity index is 419. The molecule has 0 radical (unpaired) electrons. The third-order valence-corrected chi connectivity index (χ3v) is 2.09. The van der Waals surface area contributed by atoms with Crippen LogP contribution in [-0.2, 0) is 6.54 Å². The van der Waals surface area contributed by atoms with E-state index >= 15 is 0 Å². The van der Waals surface area contributed by atoms with Crippen molar-refractivity contribution in [1.29, 1.82) is 0 Å². The van der Waals surface area contributed by atoms with Crippen molar-refractivity contribution < 1.29 is 0 Å². The van der Waals surface area contributed by atoms with Gasteiger partial charge in [-0.2, -0.15) is 5.10 Å². The largest absolute Gasteiger partial charge is 0.251 e. The Morgan fingerprint density at radius 2 is 2.29 bits per heavy atom. The maximum Gasteiger partial charge on any atom is 0.0707 e. The molecule has 1 N–H and O–H groups in total. The smallest absolute Gasteiger partial charge is 0.0707 e. The Kier molecular flexibility index (Phi) is 2.47. The first-order chi connectivity index (χ1) is 6.77. The highest BCUT2D eigenvalue weighted by Gasteiger charge is 2.01. The van der Waals surface area contributed by atoms with Crippen LogP contribution in [0.2, 0.25) is 0 Å². The molecule has 0 fully saturated rings. The first-order valence-corrected chi connectivity index (χ1v) is 4.59. The molecule has 4 heteroatoms. The molecule has 0 bridgehead atoms. The van der Waals surface area contributed by atoms with Gasteiger partial charge >= 0.3 is 0 Å². The molecule has 0 atom stereocenters. The lowest BCUT2D eigenvalue weighted by molar-refractivity contribution is 0.286. The van der Waals surface area contributed by atoms with E-state index < -0.39 is 0 Å². The summed E-state index contributed by atoms with van der Waals surface area (Å²) >= 11 is 0. The molecule has 0 aliphatic rings. The molecular formula is C10H14N4. The van der Waals surface area contributed by atoms with E-state index in [1.165, 1.54) is 5.56 Å². The number of pyridine rings is 1. The number of hydrogen-bond donors (Lipinski definition) is 1. The van der Waals surface area contributed by atoms with Crippen molar-refractivity contribution in [2.75, 3.05) is 14.1 Å². The van der Waals surface area contributed by atoms with E-state index in [2.05, 4.69) is 16.6 Å². The summed E-state index contributed by atoms with van der Waals surface area (Å²) < 4.78 is 1.88. The topological polar surface area (TPSA) is 32.6 Å². The van der Waals surface area contributed by atoms with Crippen LogP contribution >= 0.6 is 0 Å². The molecule has 74 valence electrons. The fraction of sp³-hybridized carbons (Fsp3) is 0.300. The highest BCUT2D eigenvalue weighted by atomic mass is 15.5. The summed E-state index contributed by atoms with van der Waals surface area (Å²) in [5, 5.41) is 6.19. The molecule has 0 saturated heterocycles. The minimum Gasteiger partial charge on any atom is -0.251 e. The lowest BCUT2D eigenvalue weighted by atomic mass is 10.3. The molecule has 0 saturated carbocycles. The van der Waals surface area contributed by atoms with Crippen LogP contribution in [0.1, 0.15) is 5.56 Å². The van der Waals surface area contributed by atoms with Crippen LogP contribution in [0.15, 0.2) is 30.6 Å². The van der Waals surface area contributed by atoms with Crippen molar-refractivity contribution in [1.82, 2.24) is 20.0 Å².